The van der Waals surface area contributed by atoms with Crippen LogP contribution in [0.4, 0.5) is 5.82 Å². The lowest BCUT2D eigenvalue weighted by Crippen LogP contribution is -2.33. The molecule has 0 radical (unpaired) electrons. The molecule has 3 heterocycles. The van der Waals surface area contributed by atoms with Gasteiger partial charge in [0, 0.05) is 0 Å². The minimum Gasteiger partial charge on any atom is -0.412 e. The molecule has 2 aromatic heterocycles. The van der Waals surface area contributed by atoms with Gasteiger partial charge in [0.1, 0.15) is 30.2 Å². The van der Waals surface area contributed by atoms with E-state index in [2.05, 4.69) is 23.8 Å². The van der Waals surface area contributed by atoms with E-state index in [4.69, 9.17) is 20.3 Å². The van der Waals surface area contributed by atoms with Crippen LogP contribution in [0.15, 0.2) is 12.7 Å². The lowest BCUT2D eigenvalue weighted by atomic mass is 10.1. The van der Waals surface area contributed by atoms with Crippen LogP contribution in [0.3, 0.4) is 0 Å². The van der Waals surface area contributed by atoms with E-state index in [-0.39, 0.29) is 49.8 Å². The van der Waals surface area contributed by atoms with Gasteiger partial charge in [-0.3, -0.25) is 9.09 Å². The second kappa shape index (κ2) is 13.8. The summed E-state index contributed by atoms with van der Waals surface area (Å²) in [4.78, 5) is 38.1. The van der Waals surface area contributed by atoms with Gasteiger partial charge in [-0.05, 0) is 0 Å². The van der Waals surface area contributed by atoms with Gasteiger partial charge in [0.15, 0.2) is 17.7 Å². The highest BCUT2D eigenvalue weighted by Gasteiger charge is 2.46. The molecule has 0 aliphatic carbocycles. The Morgan fingerprint density at radius 3 is 2.12 bits per heavy atom. The van der Waals surface area contributed by atoms with Crippen LogP contribution in [0.25, 0.3) is 11.2 Å². The first-order valence-corrected chi connectivity index (χ1v) is 10.2. The van der Waals surface area contributed by atoms with Crippen molar-refractivity contribution in [1.82, 2.24) is 19.5 Å². The van der Waals surface area contributed by atoms with Gasteiger partial charge in [-0.15, -0.1) is 0 Å². The van der Waals surface area contributed by atoms with E-state index in [1.165, 1.54) is 10.9 Å². The van der Waals surface area contributed by atoms with Gasteiger partial charge in [0.25, 0.3) is 0 Å². The third kappa shape index (κ3) is 8.51. The van der Waals surface area contributed by atoms with Crippen LogP contribution >= 0.6 is 15.6 Å². The molecular formula is C10H27N5O16P2. The summed E-state index contributed by atoms with van der Waals surface area (Å²) in [5.74, 6) is 0.0856. The number of anilines is 1. The van der Waals surface area contributed by atoms with Crippen molar-refractivity contribution in [3.63, 3.8) is 0 Å². The molecule has 0 amide bonds. The normalized spacial score (nSPS) is 23.3. The van der Waals surface area contributed by atoms with Gasteiger partial charge in [0.2, 0.25) is 0 Å². The van der Waals surface area contributed by atoms with Crippen LogP contribution < -0.4 is 5.73 Å². The Kier molecular flexibility index (Phi) is 16.1. The average molecular weight is 535 g/mol. The third-order valence-corrected chi connectivity index (χ3v) is 5.76. The molecule has 1 unspecified atom stereocenters. The van der Waals surface area contributed by atoms with Crippen molar-refractivity contribution in [2.24, 2.45) is 0 Å². The number of aliphatic hydroxyl groups is 2. The fraction of sp³-hybridized carbons (Fsp3) is 0.500. The fourth-order valence-corrected chi connectivity index (χ4v) is 4.08. The SMILES string of the molecule is Nc1ncnc2c1ncn2[C@@H]1O[C@H](COP(=O)(O)OP(=O)(O)O)[C@@H](O)[C@H]1O.O.O.O.O.O.O. The van der Waals surface area contributed by atoms with Crippen LogP contribution in [-0.2, 0) is 22.7 Å². The molecule has 0 aromatic carbocycles. The first-order chi connectivity index (χ1) is 12.5. The number of rotatable bonds is 6. The first-order valence-electron chi connectivity index (χ1n) is 7.17. The Morgan fingerprint density at radius 1 is 1.00 bits per heavy atom. The second-order valence-electron chi connectivity index (χ2n) is 5.47. The minimum atomic E-state index is -5.29. The number of fused-ring (bicyclic) bond motifs is 1. The molecular weight excluding hydrogens is 508 g/mol. The summed E-state index contributed by atoms with van der Waals surface area (Å²) in [6.45, 7) is -0.813. The van der Waals surface area contributed by atoms with E-state index in [9.17, 15) is 24.2 Å². The number of imidazole rings is 1. The Hall–Kier alpha value is -1.75. The zero-order valence-electron chi connectivity index (χ0n) is 16.2. The molecule has 1 aliphatic heterocycles. The summed E-state index contributed by atoms with van der Waals surface area (Å²) < 4.78 is 36.8. The summed E-state index contributed by atoms with van der Waals surface area (Å²) >= 11 is 0. The van der Waals surface area contributed by atoms with Crippen molar-refractivity contribution in [3.8, 4) is 0 Å². The Morgan fingerprint density at radius 2 is 1.58 bits per heavy atom. The summed E-state index contributed by atoms with van der Waals surface area (Å²) in [5.41, 5.74) is 6.11. The topological polar surface area (TPSA) is 422 Å². The quantitative estimate of drug-likeness (QED) is 0.187. The summed E-state index contributed by atoms with van der Waals surface area (Å²) in [6.07, 6.45) is -3.20. The highest BCUT2D eigenvalue weighted by Crippen LogP contribution is 2.57. The zero-order valence-corrected chi connectivity index (χ0v) is 18.0. The van der Waals surface area contributed by atoms with Gasteiger partial charge in [-0.25, -0.2) is 24.1 Å². The molecule has 3 rings (SSSR count). The molecule has 1 aliphatic rings. The number of phosphoric ester groups is 1. The smallest absolute Gasteiger partial charge is 0.412 e. The number of aromatic nitrogens is 4. The van der Waals surface area contributed by atoms with Gasteiger partial charge < -0.3 is 68.2 Å². The Balaban J connectivity index is -0.000000701. The van der Waals surface area contributed by atoms with Crippen molar-refractivity contribution in [1.29, 1.82) is 0 Å². The van der Waals surface area contributed by atoms with Crippen molar-refractivity contribution in [3.05, 3.63) is 12.7 Å². The highest BCUT2D eigenvalue weighted by molar-refractivity contribution is 7.60. The maximum absolute atomic E-state index is 11.5. The molecule has 198 valence electrons. The van der Waals surface area contributed by atoms with E-state index in [1.807, 2.05) is 0 Å². The van der Waals surface area contributed by atoms with E-state index in [1.54, 1.807) is 0 Å². The zero-order chi connectivity index (χ0) is 20.0. The molecule has 21 nitrogen and oxygen atoms in total. The number of nitrogens with two attached hydrogens (primary N) is 1. The van der Waals surface area contributed by atoms with Crippen LogP contribution in [0.1, 0.15) is 6.23 Å². The fourth-order valence-electron chi connectivity index (χ4n) is 2.48. The number of hydrogen-bond acceptors (Lipinski definition) is 11. The Labute approximate surface area is 183 Å². The lowest BCUT2D eigenvalue weighted by molar-refractivity contribution is -0.0503. The molecule has 23 heteroatoms. The van der Waals surface area contributed by atoms with Crippen molar-refractivity contribution in [2.45, 2.75) is 24.5 Å². The van der Waals surface area contributed by atoms with Crippen molar-refractivity contribution in [2.75, 3.05) is 12.3 Å². The second-order valence-corrected chi connectivity index (χ2v) is 8.30. The Bertz CT molecular complexity index is 940. The van der Waals surface area contributed by atoms with E-state index >= 15 is 0 Å². The van der Waals surface area contributed by atoms with Crippen LogP contribution in [0.5, 0.6) is 0 Å². The van der Waals surface area contributed by atoms with Gasteiger partial charge >= 0.3 is 15.6 Å². The van der Waals surface area contributed by atoms with E-state index < -0.39 is 46.8 Å². The molecule has 0 spiro atoms. The number of nitrogens with zero attached hydrogens (tertiary/aromatic N) is 4. The maximum Gasteiger partial charge on any atom is 0.481 e. The van der Waals surface area contributed by atoms with Gasteiger partial charge in [-0.2, -0.15) is 4.31 Å². The number of phosphoric acid groups is 2. The molecule has 0 bridgehead atoms. The van der Waals surface area contributed by atoms with Gasteiger partial charge in [-0.1, -0.05) is 0 Å². The monoisotopic (exact) mass is 535 g/mol. The molecule has 5 atom stereocenters. The predicted octanol–water partition coefficient (Wildman–Crippen LogP) is -6.69. The number of ether oxygens (including phenoxy) is 1. The predicted molar refractivity (Wildman–Crippen MR) is 106 cm³/mol. The molecule has 33 heavy (non-hydrogen) atoms. The summed E-state index contributed by atoms with van der Waals surface area (Å²) in [5, 5.41) is 20.3. The first kappa shape index (κ1) is 38.5. The van der Waals surface area contributed by atoms with Crippen LogP contribution in [-0.4, -0.2) is 102 Å². The average Bonchev–Trinajstić information content (AvgIpc) is 3.07. The van der Waals surface area contributed by atoms with E-state index in [0.29, 0.717) is 0 Å². The van der Waals surface area contributed by atoms with Crippen LogP contribution in [0.2, 0.25) is 0 Å². The van der Waals surface area contributed by atoms with Crippen molar-refractivity contribution >= 4 is 32.6 Å². The number of hydrogen-bond donors (Lipinski definition) is 6. The molecule has 1 fully saturated rings. The highest BCUT2D eigenvalue weighted by atomic mass is 31.3. The third-order valence-electron chi connectivity index (χ3n) is 3.61. The number of aliphatic hydroxyl groups excluding tert-OH is 2. The molecule has 0 saturated carbocycles. The maximum atomic E-state index is 11.5. The molecule has 19 N–H and O–H groups in total. The molecule has 2 aromatic rings. The largest absolute Gasteiger partial charge is 0.481 e. The standard InChI is InChI=1S/C10H15N5O10P2.6H2O/c11-8-5-9(13-2-12-8)15(3-14-5)10-7(17)6(16)4(24-10)1-23-27(21,22)25-26(18,19)20;;;;;;/h2-4,6-7,10,16-17H,1H2,(H,21,22)(H2,11,12,13)(H2,18,19,20);6*1H2/t4-,6-,7-,10-;;;;;;/m1....../s1. The molecule has 1 saturated heterocycles. The lowest BCUT2D eigenvalue weighted by Gasteiger charge is -2.17. The minimum absolute atomic E-state index is 0. The summed E-state index contributed by atoms with van der Waals surface area (Å²) in [6, 6.07) is 0. The van der Waals surface area contributed by atoms with E-state index in [0.717, 1.165) is 6.33 Å². The van der Waals surface area contributed by atoms with Gasteiger partial charge in [0.05, 0.1) is 12.9 Å². The summed E-state index contributed by atoms with van der Waals surface area (Å²) in [7, 11) is -10.4. The van der Waals surface area contributed by atoms with Crippen molar-refractivity contribution < 1.29 is 80.5 Å². The van der Waals surface area contributed by atoms with Crippen LogP contribution in [0, 0.1) is 0 Å². The number of nitrogen functional groups attached to an aromatic ring is 1.